The summed E-state index contributed by atoms with van der Waals surface area (Å²) in [6, 6.07) is 3.35. The Morgan fingerprint density at radius 2 is 2.22 bits per heavy atom. The van der Waals surface area contributed by atoms with E-state index in [-0.39, 0.29) is 12.5 Å². The van der Waals surface area contributed by atoms with Crippen LogP contribution in [0, 0.1) is 5.92 Å². The van der Waals surface area contributed by atoms with Gasteiger partial charge >= 0.3 is 0 Å². The van der Waals surface area contributed by atoms with E-state index in [0.29, 0.717) is 29.8 Å². The van der Waals surface area contributed by atoms with Gasteiger partial charge in [-0.1, -0.05) is 13.8 Å². The zero-order valence-electron chi connectivity index (χ0n) is 11.0. The number of aromatic nitrogens is 1. The lowest BCUT2D eigenvalue weighted by atomic mass is 10.2. The Balaban J connectivity index is 2.50. The molecule has 0 radical (unpaired) electrons. The quantitative estimate of drug-likeness (QED) is 0.698. The van der Waals surface area contributed by atoms with Crippen LogP contribution >= 0.6 is 0 Å². The molecule has 6 heteroatoms. The number of methoxy groups -OCH3 is 1. The van der Waals surface area contributed by atoms with Crippen LogP contribution in [0.2, 0.25) is 0 Å². The standard InChI is InChI=1S/C12H20N4O2/c1-8(2)6-14-10(17)7-15-12-9(13)4-5-11(16-12)18-3/h4-5,8H,6-7,13H2,1-3H3,(H,14,17)(H,15,16). The summed E-state index contributed by atoms with van der Waals surface area (Å²) in [6.07, 6.45) is 0. The van der Waals surface area contributed by atoms with Crippen molar-refractivity contribution < 1.29 is 9.53 Å². The molecule has 4 N–H and O–H groups in total. The lowest BCUT2D eigenvalue weighted by Gasteiger charge is -2.11. The van der Waals surface area contributed by atoms with Crippen LogP contribution in [0.15, 0.2) is 12.1 Å². The van der Waals surface area contributed by atoms with Crippen molar-refractivity contribution in [1.82, 2.24) is 10.3 Å². The molecule has 1 aromatic rings. The Kier molecular flexibility index (Phi) is 5.23. The maximum atomic E-state index is 11.5. The third-order valence-electron chi connectivity index (χ3n) is 2.23. The Hall–Kier alpha value is -1.98. The van der Waals surface area contributed by atoms with Crippen molar-refractivity contribution in [2.45, 2.75) is 13.8 Å². The molecule has 0 aliphatic rings. The van der Waals surface area contributed by atoms with Gasteiger partial charge in [0, 0.05) is 12.6 Å². The molecule has 1 rings (SSSR count). The van der Waals surface area contributed by atoms with Crippen LogP contribution in [-0.2, 0) is 4.79 Å². The van der Waals surface area contributed by atoms with Crippen molar-refractivity contribution in [1.29, 1.82) is 0 Å². The lowest BCUT2D eigenvalue weighted by molar-refractivity contribution is -0.119. The summed E-state index contributed by atoms with van der Waals surface area (Å²) >= 11 is 0. The van der Waals surface area contributed by atoms with Gasteiger partial charge in [-0.05, 0) is 12.0 Å². The first-order valence-electron chi connectivity index (χ1n) is 5.84. The number of anilines is 2. The summed E-state index contributed by atoms with van der Waals surface area (Å²) < 4.78 is 4.99. The number of nitrogens with zero attached hydrogens (tertiary/aromatic N) is 1. The maximum Gasteiger partial charge on any atom is 0.239 e. The van der Waals surface area contributed by atoms with Gasteiger partial charge in [-0.25, -0.2) is 0 Å². The van der Waals surface area contributed by atoms with E-state index in [2.05, 4.69) is 15.6 Å². The Labute approximate surface area is 107 Å². The van der Waals surface area contributed by atoms with Crippen molar-refractivity contribution in [3.63, 3.8) is 0 Å². The maximum absolute atomic E-state index is 11.5. The summed E-state index contributed by atoms with van der Waals surface area (Å²) in [5, 5.41) is 5.68. The highest BCUT2D eigenvalue weighted by Crippen LogP contribution is 2.18. The summed E-state index contributed by atoms with van der Waals surface area (Å²) in [4.78, 5) is 15.6. The summed E-state index contributed by atoms with van der Waals surface area (Å²) in [5.74, 6) is 1.24. The number of carbonyl (C=O) groups excluding carboxylic acids is 1. The Bertz CT molecular complexity index is 407. The fraction of sp³-hybridized carbons (Fsp3) is 0.500. The van der Waals surface area contributed by atoms with Crippen molar-refractivity contribution in [2.75, 3.05) is 31.2 Å². The minimum absolute atomic E-state index is 0.0901. The average molecular weight is 252 g/mol. The molecule has 0 saturated heterocycles. The molecule has 0 aliphatic heterocycles. The van der Waals surface area contributed by atoms with Crippen LogP contribution in [0.4, 0.5) is 11.5 Å². The third-order valence-corrected chi connectivity index (χ3v) is 2.23. The molecular formula is C12H20N4O2. The molecular weight excluding hydrogens is 232 g/mol. The first-order valence-corrected chi connectivity index (χ1v) is 5.84. The smallest absolute Gasteiger partial charge is 0.239 e. The van der Waals surface area contributed by atoms with Gasteiger partial charge in [0.15, 0.2) is 5.82 Å². The molecule has 0 fully saturated rings. The van der Waals surface area contributed by atoms with E-state index in [1.807, 2.05) is 13.8 Å². The molecule has 1 aromatic heterocycles. The third kappa shape index (κ3) is 4.48. The molecule has 18 heavy (non-hydrogen) atoms. The van der Waals surface area contributed by atoms with Gasteiger partial charge in [-0.2, -0.15) is 4.98 Å². The molecule has 0 aromatic carbocycles. The van der Waals surface area contributed by atoms with Crippen molar-refractivity contribution >= 4 is 17.4 Å². The summed E-state index contributed by atoms with van der Waals surface area (Å²) in [7, 11) is 1.53. The van der Waals surface area contributed by atoms with E-state index in [0.717, 1.165) is 0 Å². The molecule has 0 atom stereocenters. The van der Waals surface area contributed by atoms with E-state index in [1.165, 1.54) is 7.11 Å². The van der Waals surface area contributed by atoms with E-state index in [4.69, 9.17) is 10.5 Å². The van der Waals surface area contributed by atoms with E-state index in [1.54, 1.807) is 12.1 Å². The number of pyridine rings is 1. The topological polar surface area (TPSA) is 89.3 Å². The average Bonchev–Trinajstić information content (AvgIpc) is 2.35. The number of hydrogen-bond acceptors (Lipinski definition) is 5. The second-order valence-electron chi connectivity index (χ2n) is 4.34. The number of nitrogen functional groups attached to an aromatic ring is 1. The molecule has 6 nitrogen and oxygen atoms in total. The Morgan fingerprint density at radius 1 is 1.50 bits per heavy atom. The van der Waals surface area contributed by atoms with Gasteiger partial charge in [0.1, 0.15) is 0 Å². The van der Waals surface area contributed by atoms with Gasteiger partial charge < -0.3 is 21.1 Å². The summed E-state index contributed by atoms with van der Waals surface area (Å²) in [5.41, 5.74) is 6.22. The van der Waals surface area contributed by atoms with Crippen LogP contribution in [0.25, 0.3) is 0 Å². The number of rotatable bonds is 6. The van der Waals surface area contributed by atoms with Crippen molar-refractivity contribution in [3.05, 3.63) is 12.1 Å². The lowest BCUT2D eigenvalue weighted by Crippen LogP contribution is -2.32. The number of amides is 1. The Morgan fingerprint density at radius 3 is 2.83 bits per heavy atom. The van der Waals surface area contributed by atoms with E-state index < -0.39 is 0 Å². The minimum atomic E-state index is -0.0901. The van der Waals surface area contributed by atoms with Crippen LogP contribution in [-0.4, -0.2) is 31.1 Å². The first-order chi connectivity index (χ1) is 8.52. The van der Waals surface area contributed by atoms with Gasteiger partial charge in [0.2, 0.25) is 11.8 Å². The molecule has 1 heterocycles. The highest BCUT2D eigenvalue weighted by Gasteiger charge is 2.06. The monoisotopic (exact) mass is 252 g/mol. The number of carbonyl (C=O) groups is 1. The fourth-order valence-electron chi connectivity index (χ4n) is 1.25. The molecule has 0 aliphatic carbocycles. The summed E-state index contributed by atoms with van der Waals surface area (Å²) in [6.45, 7) is 4.86. The molecule has 0 spiro atoms. The molecule has 0 unspecified atom stereocenters. The SMILES string of the molecule is COc1ccc(N)c(NCC(=O)NCC(C)C)n1. The highest BCUT2D eigenvalue weighted by molar-refractivity contribution is 5.81. The van der Waals surface area contributed by atoms with E-state index in [9.17, 15) is 4.79 Å². The largest absolute Gasteiger partial charge is 0.481 e. The van der Waals surface area contributed by atoms with Crippen LogP contribution in [0.1, 0.15) is 13.8 Å². The zero-order valence-corrected chi connectivity index (χ0v) is 11.0. The van der Waals surface area contributed by atoms with Crippen molar-refractivity contribution in [2.24, 2.45) is 5.92 Å². The minimum Gasteiger partial charge on any atom is -0.481 e. The molecule has 100 valence electrons. The number of ether oxygens (including phenoxy) is 1. The second kappa shape index (κ2) is 6.68. The first kappa shape index (κ1) is 14.1. The second-order valence-corrected chi connectivity index (χ2v) is 4.34. The predicted molar refractivity (Wildman–Crippen MR) is 71.5 cm³/mol. The fourth-order valence-corrected chi connectivity index (χ4v) is 1.25. The molecule has 1 amide bonds. The number of nitrogens with one attached hydrogen (secondary N) is 2. The van der Waals surface area contributed by atoms with Gasteiger partial charge in [-0.15, -0.1) is 0 Å². The number of nitrogens with two attached hydrogens (primary N) is 1. The van der Waals surface area contributed by atoms with Gasteiger partial charge in [-0.3, -0.25) is 4.79 Å². The van der Waals surface area contributed by atoms with Crippen LogP contribution in [0.5, 0.6) is 5.88 Å². The highest BCUT2D eigenvalue weighted by atomic mass is 16.5. The van der Waals surface area contributed by atoms with Crippen molar-refractivity contribution in [3.8, 4) is 5.88 Å². The van der Waals surface area contributed by atoms with E-state index >= 15 is 0 Å². The molecule has 0 bridgehead atoms. The van der Waals surface area contributed by atoms with Crippen LogP contribution < -0.4 is 21.1 Å². The predicted octanol–water partition coefficient (Wildman–Crippen LogP) is 0.856. The van der Waals surface area contributed by atoms with Gasteiger partial charge in [0.05, 0.1) is 19.3 Å². The number of hydrogen-bond donors (Lipinski definition) is 3. The normalized spacial score (nSPS) is 10.2. The molecule has 0 saturated carbocycles. The van der Waals surface area contributed by atoms with Gasteiger partial charge in [0.25, 0.3) is 0 Å². The van der Waals surface area contributed by atoms with Crippen LogP contribution in [0.3, 0.4) is 0 Å². The zero-order chi connectivity index (χ0) is 13.5.